The normalized spacial score (nSPS) is 10.8. The van der Waals surface area contributed by atoms with Crippen molar-refractivity contribution in [1.82, 2.24) is 9.13 Å². The lowest BCUT2D eigenvalue weighted by atomic mass is 10.2. The Morgan fingerprint density at radius 2 is 1.65 bits per heavy atom. The second-order valence-corrected chi connectivity index (χ2v) is 6.78. The Morgan fingerprint density at radius 1 is 0.968 bits per heavy atom. The summed E-state index contributed by atoms with van der Waals surface area (Å²) in [6.45, 7) is -0.313. The lowest BCUT2D eigenvalue weighted by Gasteiger charge is -2.14. The van der Waals surface area contributed by atoms with E-state index in [2.05, 4.69) is 5.32 Å². The third-order valence-electron chi connectivity index (χ3n) is 4.81. The molecule has 0 saturated heterocycles. The lowest BCUT2D eigenvalue weighted by Crippen LogP contribution is -2.40. The van der Waals surface area contributed by atoms with Gasteiger partial charge in [-0.05, 0) is 60.7 Å². The minimum Gasteiger partial charge on any atom is -0.497 e. The Bertz CT molecular complexity index is 1370. The number of carbonyl (C=O) groups is 1. The van der Waals surface area contributed by atoms with Crippen LogP contribution in [0.2, 0.25) is 0 Å². The zero-order valence-corrected chi connectivity index (χ0v) is 16.5. The smallest absolute Gasteiger partial charge is 0.336 e. The first kappa shape index (κ1) is 20.1. The topological polar surface area (TPSA) is 82.3 Å². The molecule has 0 aliphatic rings. The summed E-state index contributed by atoms with van der Waals surface area (Å²) in [6, 6.07) is 18.3. The third-order valence-corrected chi connectivity index (χ3v) is 4.81. The van der Waals surface area contributed by atoms with Crippen LogP contribution in [0.25, 0.3) is 16.6 Å². The van der Waals surface area contributed by atoms with Crippen LogP contribution < -0.4 is 21.3 Å². The van der Waals surface area contributed by atoms with E-state index in [1.165, 1.54) is 16.7 Å². The molecule has 0 aliphatic carbocycles. The van der Waals surface area contributed by atoms with Gasteiger partial charge in [0.05, 0.1) is 23.7 Å². The van der Waals surface area contributed by atoms with E-state index in [-0.39, 0.29) is 17.6 Å². The van der Waals surface area contributed by atoms with Gasteiger partial charge in [0.1, 0.15) is 18.1 Å². The molecule has 0 saturated carbocycles. The number of halogens is 1. The largest absolute Gasteiger partial charge is 0.497 e. The first-order chi connectivity index (χ1) is 15.0. The highest BCUT2D eigenvalue weighted by atomic mass is 19.1. The number of ether oxygens (including phenoxy) is 1. The van der Waals surface area contributed by atoms with Gasteiger partial charge in [-0.2, -0.15) is 0 Å². The molecule has 0 unspecified atom stereocenters. The van der Waals surface area contributed by atoms with Crippen molar-refractivity contribution >= 4 is 22.5 Å². The summed E-state index contributed by atoms with van der Waals surface area (Å²) in [5, 5.41) is 2.99. The van der Waals surface area contributed by atoms with Crippen LogP contribution in [0.4, 0.5) is 10.1 Å². The van der Waals surface area contributed by atoms with Gasteiger partial charge in [-0.15, -0.1) is 0 Å². The first-order valence-corrected chi connectivity index (χ1v) is 9.42. The summed E-state index contributed by atoms with van der Waals surface area (Å²) < 4.78 is 20.6. The van der Waals surface area contributed by atoms with Gasteiger partial charge >= 0.3 is 5.69 Å². The van der Waals surface area contributed by atoms with Gasteiger partial charge in [-0.1, -0.05) is 12.1 Å². The van der Waals surface area contributed by atoms with Crippen LogP contribution in [0.5, 0.6) is 5.75 Å². The molecule has 4 aromatic rings. The SMILES string of the molecule is COc1ccc(NC(=O)Cn2c(=O)n(-c3ccc(F)cc3)c(=O)c3ccccc32)cc1. The maximum atomic E-state index is 13.3. The van der Waals surface area contributed by atoms with Gasteiger partial charge in [0.25, 0.3) is 5.56 Å². The third kappa shape index (κ3) is 3.95. The molecule has 4 rings (SSSR count). The summed E-state index contributed by atoms with van der Waals surface area (Å²) in [4.78, 5) is 38.8. The van der Waals surface area contributed by atoms with Crippen molar-refractivity contribution in [3.05, 3.63) is 99.5 Å². The second kappa shape index (κ2) is 8.27. The molecule has 3 aromatic carbocycles. The molecular formula is C23H18FN3O4. The van der Waals surface area contributed by atoms with Crippen LogP contribution in [0, 0.1) is 5.82 Å². The molecule has 156 valence electrons. The minimum atomic E-state index is -0.694. The van der Waals surface area contributed by atoms with Gasteiger partial charge < -0.3 is 10.1 Å². The number of hydrogen-bond donors (Lipinski definition) is 1. The quantitative estimate of drug-likeness (QED) is 0.539. The van der Waals surface area contributed by atoms with Gasteiger partial charge in [0.15, 0.2) is 0 Å². The standard InChI is InChI=1S/C23H18FN3O4/c1-31-18-12-8-16(9-13-18)25-21(28)14-26-20-5-3-2-4-19(20)22(29)27(23(26)30)17-10-6-15(24)7-11-17/h2-13H,14H2,1H3,(H,25,28). The second-order valence-electron chi connectivity index (χ2n) is 6.78. The minimum absolute atomic E-state index is 0.214. The lowest BCUT2D eigenvalue weighted by molar-refractivity contribution is -0.116. The van der Waals surface area contributed by atoms with Crippen LogP contribution >= 0.6 is 0 Å². The summed E-state index contributed by atoms with van der Waals surface area (Å²) >= 11 is 0. The van der Waals surface area contributed by atoms with E-state index in [1.807, 2.05) is 0 Å². The molecule has 7 nitrogen and oxygen atoms in total. The maximum Gasteiger partial charge on any atom is 0.336 e. The number of para-hydroxylation sites is 1. The van der Waals surface area contributed by atoms with Crippen LogP contribution in [0.3, 0.4) is 0 Å². The molecule has 0 radical (unpaired) electrons. The summed E-state index contributed by atoms with van der Waals surface area (Å²) in [7, 11) is 1.54. The Labute approximate surface area is 175 Å². The number of nitrogens with zero attached hydrogens (tertiary/aromatic N) is 2. The number of hydrogen-bond acceptors (Lipinski definition) is 4. The van der Waals surface area contributed by atoms with Crippen molar-refractivity contribution in [1.29, 1.82) is 0 Å². The molecule has 1 N–H and O–H groups in total. The fraction of sp³-hybridized carbons (Fsp3) is 0.0870. The molecule has 8 heteroatoms. The number of nitrogens with one attached hydrogen (secondary N) is 1. The van der Waals surface area contributed by atoms with E-state index in [1.54, 1.807) is 55.6 Å². The van der Waals surface area contributed by atoms with Gasteiger partial charge in [-0.25, -0.2) is 13.8 Å². The Kier molecular flexibility index (Phi) is 5.36. The highest BCUT2D eigenvalue weighted by molar-refractivity contribution is 5.91. The molecule has 0 atom stereocenters. The fourth-order valence-corrected chi connectivity index (χ4v) is 3.31. The van der Waals surface area contributed by atoms with E-state index in [0.29, 0.717) is 17.0 Å². The number of anilines is 1. The Morgan fingerprint density at radius 3 is 2.32 bits per heavy atom. The number of benzene rings is 3. The van der Waals surface area contributed by atoms with Crippen molar-refractivity contribution in [2.24, 2.45) is 0 Å². The van der Waals surface area contributed by atoms with Crippen LogP contribution in [-0.2, 0) is 11.3 Å². The number of carbonyl (C=O) groups excluding carboxylic acids is 1. The summed E-state index contributed by atoms with van der Waals surface area (Å²) in [5.41, 5.74) is -0.151. The number of amides is 1. The number of fused-ring (bicyclic) bond motifs is 1. The van der Waals surface area contributed by atoms with Crippen molar-refractivity contribution in [2.75, 3.05) is 12.4 Å². The molecule has 1 heterocycles. The zero-order valence-electron chi connectivity index (χ0n) is 16.5. The zero-order chi connectivity index (χ0) is 22.0. The van der Waals surface area contributed by atoms with Crippen LogP contribution in [0.15, 0.2) is 82.4 Å². The van der Waals surface area contributed by atoms with E-state index in [9.17, 15) is 18.8 Å². The summed E-state index contributed by atoms with van der Waals surface area (Å²) in [6.07, 6.45) is 0. The molecular weight excluding hydrogens is 401 g/mol. The highest BCUT2D eigenvalue weighted by Crippen LogP contribution is 2.15. The van der Waals surface area contributed by atoms with Crippen molar-refractivity contribution in [3.8, 4) is 11.4 Å². The maximum absolute atomic E-state index is 13.3. The first-order valence-electron chi connectivity index (χ1n) is 9.42. The molecule has 0 spiro atoms. The number of rotatable bonds is 5. The monoisotopic (exact) mass is 419 g/mol. The molecule has 1 aromatic heterocycles. The average molecular weight is 419 g/mol. The Balaban J connectivity index is 1.77. The van der Waals surface area contributed by atoms with Crippen molar-refractivity contribution in [3.63, 3.8) is 0 Å². The van der Waals surface area contributed by atoms with E-state index in [0.717, 1.165) is 16.7 Å². The molecule has 0 fully saturated rings. The fourth-order valence-electron chi connectivity index (χ4n) is 3.31. The number of aromatic nitrogens is 2. The van der Waals surface area contributed by atoms with Crippen molar-refractivity contribution in [2.45, 2.75) is 6.54 Å². The molecule has 31 heavy (non-hydrogen) atoms. The number of methoxy groups -OCH3 is 1. The van der Waals surface area contributed by atoms with Gasteiger partial charge in [0.2, 0.25) is 5.91 Å². The predicted molar refractivity (Wildman–Crippen MR) is 115 cm³/mol. The molecule has 1 amide bonds. The van der Waals surface area contributed by atoms with Gasteiger partial charge in [-0.3, -0.25) is 14.2 Å². The molecule has 0 aliphatic heterocycles. The molecule has 0 bridgehead atoms. The van der Waals surface area contributed by atoms with E-state index in [4.69, 9.17) is 4.74 Å². The van der Waals surface area contributed by atoms with E-state index < -0.39 is 23.0 Å². The van der Waals surface area contributed by atoms with Crippen LogP contribution in [-0.4, -0.2) is 22.2 Å². The predicted octanol–water partition coefficient (Wildman–Crippen LogP) is 2.94. The van der Waals surface area contributed by atoms with Crippen molar-refractivity contribution < 1.29 is 13.9 Å². The van der Waals surface area contributed by atoms with Crippen LogP contribution in [0.1, 0.15) is 0 Å². The average Bonchev–Trinajstić information content (AvgIpc) is 2.78. The summed E-state index contributed by atoms with van der Waals surface area (Å²) in [5.74, 6) is -0.287. The Hall–Kier alpha value is -4.20. The van der Waals surface area contributed by atoms with Gasteiger partial charge in [0, 0.05) is 5.69 Å². The highest BCUT2D eigenvalue weighted by Gasteiger charge is 2.16. The van der Waals surface area contributed by atoms with E-state index >= 15 is 0 Å².